The van der Waals surface area contributed by atoms with Gasteiger partial charge in [0, 0.05) is 44.4 Å². The van der Waals surface area contributed by atoms with Crippen LogP contribution in [0.3, 0.4) is 0 Å². The molecule has 0 unspecified atom stereocenters. The number of aromatic nitrogens is 2. The van der Waals surface area contributed by atoms with E-state index in [9.17, 15) is 18.0 Å². The Labute approximate surface area is 192 Å². The number of benzene rings is 2. The van der Waals surface area contributed by atoms with Crippen molar-refractivity contribution in [2.75, 3.05) is 27.2 Å². The summed E-state index contributed by atoms with van der Waals surface area (Å²) in [6.07, 6.45) is 1.45. The van der Waals surface area contributed by atoms with Gasteiger partial charge in [-0.1, -0.05) is 0 Å². The normalized spacial score (nSPS) is 11.4. The summed E-state index contributed by atoms with van der Waals surface area (Å²) in [6.45, 7) is 2.94. The van der Waals surface area contributed by atoms with E-state index in [1.54, 1.807) is 0 Å². The van der Waals surface area contributed by atoms with Crippen molar-refractivity contribution in [1.29, 1.82) is 0 Å². The summed E-state index contributed by atoms with van der Waals surface area (Å²) in [6, 6.07) is 14.4. The summed E-state index contributed by atoms with van der Waals surface area (Å²) >= 11 is 0. The van der Waals surface area contributed by atoms with E-state index in [4.69, 9.17) is 4.74 Å². The number of hydrogen-bond acceptors (Lipinski definition) is 6. The van der Waals surface area contributed by atoms with E-state index < -0.39 is 10.0 Å². The zero-order valence-corrected chi connectivity index (χ0v) is 19.5. The largest absolute Gasteiger partial charge is 0.494 e. The third-order valence-electron chi connectivity index (χ3n) is 4.87. The number of ether oxygens (including phenoxy) is 1. The lowest BCUT2D eigenvalue weighted by atomic mass is 10.1. The van der Waals surface area contributed by atoms with Gasteiger partial charge in [-0.05, 0) is 55.5 Å². The molecule has 10 heteroatoms. The van der Waals surface area contributed by atoms with Crippen LogP contribution in [-0.2, 0) is 16.6 Å². The lowest BCUT2D eigenvalue weighted by Crippen LogP contribution is -2.30. The molecule has 2 aromatic carbocycles. The van der Waals surface area contributed by atoms with Crippen molar-refractivity contribution in [1.82, 2.24) is 19.2 Å². The molecule has 0 saturated carbocycles. The fourth-order valence-corrected chi connectivity index (χ4v) is 3.92. The summed E-state index contributed by atoms with van der Waals surface area (Å²) < 4.78 is 32.2. The van der Waals surface area contributed by atoms with Crippen molar-refractivity contribution in [3.8, 4) is 17.0 Å². The number of amides is 1. The van der Waals surface area contributed by atoms with Crippen molar-refractivity contribution in [3.05, 3.63) is 76.8 Å². The van der Waals surface area contributed by atoms with Gasteiger partial charge in [0.25, 0.3) is 11.5 Å². The number of nitrogens with zero attached hydrogens (tertiary/aromatic N) is 3. The Bertz CT molecular complexity index is 1270. The Morgan fingerprint density at radius 2 is 1.76 bits per heavy atom. The van der Waals surface area contributed by atoms with E-state index >= 15 is 0 Å². The van der Waals surface area contributed by atoms with Gasteiger partial charge in [-0.15, -0.1) is 0 Å². The van der Waals surface area contributed by atoms with Crippen LogP contribution in [0.5, 0.6) is 5.75 Å². The molecule has 0 atom stereocenters. The first-order valence-electron chi connectivity index (χ1n) is 10.3. The van der Waals surface area contributed by atoms with Gasteiger partial charge in [0.05, 0.1) is 23.5 Å². The molecule has 1 N–H and O–H groups in total. The number of nitrogens with one attached hydrogen (secondary N) is 1. The minimum Gasteiger partial charge on any atom is -0.494 e. The molecule has 33 heavy (non-hydrogen) atoms. The highest BCUT2D eigenvalue weighted by atomic mass is 32.2. The van der Waals surface area contributed by atoms with E-state index in [1.165, 1.54) is 55.3 Å². The molecule has 3 aromatic rings. The van der Waals surface area contributed by atoms with Gasteiger partial charge < -0.3 is 10.1 Å². The molecule has 0 bridgehead atoms. The van der Waals surface area contributed by atoms with E-state index in [0.29, 0.717) is 17.9 Å². The molecular weight excluding hydrogens is 444 g/mol. The minimum atomic E-state index is -3.56. The van der Waals surface area contributed by atoms with Crippen LogP contribution in [0, 0.1) is 0 Å². The van der Waals surface area contributed by atoms with Gasteiger partial charge in [0.15, 0.2) is 0 Å². The third-order valence-corrected chi connectivity index (χ3v) is 6.70. The molecule has 174 valence electrons. The van der Waals surface area contributed by atoms with Gasteiger partial charge in [0.1, 0.15) is 5.75 Å². The van der Waals surface area contributed by atoms with E-state index in [1.807, 2.05) is 31.2 Å². The maximum atomic E-state index is 12.4. The van der Waals surface area contributed by atoms with Crippen LogP contribution < -0.4 is 15.6 Å². The number of hydrogen-bond donors (Lipinski definition) is 1. The first-order valence-corrected chi connectivity index (χ1v) is 11.8. The fraction of sp³-hybridized carbons (Fsp3) is 0.261. The zero-order chi connectivity index (χ0) is 24.0. The highest BCUT2D eigenvalue weighted by molar-refractivity contribution is 7.89. The lowest BCUT2D eigenvalue weighted by Gasteiger charge is -2.12. The van der Waals surface area contributed by atoms with Crippen molar-refractivity contribution in [3.63, 3.8) is 0 Å². The predicted octanol–water partition coefficient (Wildman–Crippen LogP) is 1.99. The SMILES string of the molecule is CCOc1ccc(-c2cc(=O)n(CCNC(=O)c3ccc(S(=O)(=O)N(C)C)cc3)cn2)cc1. The van der Waals surface area contributed by atoms with Crippen LogP contribution in [0.1, 0.15) is 17.3 Å². The van der Waals surface area contributed by atoms with Crippen LogP contribution in [0.25, 0.3) is 11.3 Å². The molecule has 0 saturated heterocycles. The van der Waals surface area contributed by atoms with Crippen molar-refractivity contribution in [2.24, 2.45) is 0 Å². The average molecular weight is 471 g/mol. The van der Waals surface area contributed by atoms with Gasteiger partial charge in [-0.2, -0.15) is 0 Å². The Hall–Kier alpha value is -3.50. The second kappa shape index (κ2) is 10.4. The summed E-state index contributed by atoms with van der Waals surface area (Å²) in [5, 5.41) is 2.72. The third kappa shape index (κ3) is 5.85. The predicted molar refractivity (Wildman–Crippen MR) is 125 cm³/mol. The molecular formula is C23H26N4O5S. The number of carbonyl (C=O) groups is 1. The Morgan fingerprint density at radius 3 is 2.33 bits per heavy atom. The standard InChI is InChI=1S/C23H26N4O5S/c1-4-32-19-9-5-17(6-10-19)21-15-22(28)27(16-25-21)14-13-24-23(29)18-7-11-20(12-8-18)33(30,31)26(2)3/h5-12,15-16H,4,13-14H2,1-3H3,(H,24,29). The summed E-state index contributed by atoms with van der Waals surface area (Å²) in [7, 11) is -0.672. The molecule has 1 amide bonds. The van der Waals surface area contributed by atoms with Crippen LogP contribution in [0.2, 0.25) is 0 Å². The number of rotatable bonds is 9. The van der Waals surface area contributed by atoms with Crippen LogP contribution >= 0.6 is 0 Å². The van der Waals surface area contributed by atoms with Crippen LogP contribution in [0.4, 0.5) is 0 Å². The van der Waals surface area contributed by atoms with Crippen molar-refractivity contribution >= 4 is 15.9 Å². The first kappa shape index (κ1) is 24.1. The van der Waals surface area contributed by atoms with Gasteiger partial charge in [-0.3, -0.25) is 14.2 Å². The van der Waals surface area contributed by atoms with E-state index in [-0.39, 0.29) is 29.5 Å². The molecule has 0 radical (unpaired) electrons. The minimum absolute atomic E-state index is 0.106. The molecule has 1 aromatic heterocycles. The smallest absolute Gasteiger partial charge is 0.253 e. The van der Waals surface area contributed by atoms with Gasteiger partial charge in [0.2, 0.25) is 10.0 Å². The van der Waals surface area contributed by atoms with Crippen LogP contribution in [-0.4, -0.2) is 55.4 Å². The highest BCUT2D eigenvalue weighted by Crippen LogP contribution is 2.19. The second-order valence-corrected chi connectivity index (χ2v) is 9.48. The molecule has 0 aliphatic rings. The van der Waals surface area contributed by atoms with Crippen molar-refractivity contribution < 1.29 is 17.9 Å². The summed E-state index contributed by atoms with van der Waals surface area (Å²) in [5.74, 6) is 0.384. The quantitative estimate of drug-likeness (QED) is 0.512. The molecule has 0 aliphatic heterocycles. The number of sulfonamides is 1. The Balaban J connectivity index is 1.59. The van der Waals surface area contributed by atoms with Gasteiger partial charge in [-0.25, -0.2) is 17.7 Å². The molecule has 9 nitrogen and oxygen atoms in total. The zero-order valence-electron chi connectivity index (χ0n) is 18.7. The maximum Gasteiger partial charge on any atom is 0.253 e. The monoisotopic (exact) mass is 470 g/mol. The maximum absolute atomic E-state index is 12.4. The topological polar surface area (TPSA) is 111 Å². The average Bonchev–Trinajstić information content (AvgIpc) is 2.80. The summed E-state index contributed by atoms with van der Waals surface area (Å²) in [4.78, 5) is 29.2. The summed E-state index contributed by atoms with van der Waals surface area (Å²) in [5.41, 5.74) is 1.44. The molecule has 1 heterocycles. The highest BCUT2D eigenvalue weighted by Gasteiger charge is 2.17. The number of carbonyl (C=O) groups excluding carboxylic acids is 1. The Kier molecular flexibility index (Phi) is 7.62. The Morgan fingerprint density at radius 1 is 1.09 bits per heavy atom. The molecule has 0 fully saturated rings. The van der Waals surface area contributed by atoms with Crippen LogP contribution in [0.15, 0.2) is 70.6 Å². The van der Waals surface area contributed by atoms with Crippen molar-refractivity contribution in [2.45, 2.75) is 18.4 Å². The molecule has 0 spiro atoms. The van der Waals surface area contributed by atoms with E-state index in [0.717, 1.165) is 15.6 Å². The first-order chi connectivity index (χ1) is 15.7. The molecule has 3 rings (SSSR count). The lowest BCUT2D eigenvalue weighted by molar-refractivity contribution is 0.0952. The fourth-order valence-electron chi connectivity index (χ4n) is 3.02. The van der Waals surface area contributed by atoms with Gasteiger partial charge >= 0.3 is 0 Å². The second-order valence-electron chi connectivity index (χ2n) is 7.33. The molecule has 0 aliphatic carbocycles. The van der Waals surface area contributed by atoms with E-state index in [2.05, 4.69) is 10.3 Å².